The van der Waals surface area contributed by atoms with Gasteiger partial charge in [-0.3, -0.25) is 9.59 Å². The molecule has 5 heterocycles. The number of rotatable bonds is 8. The Hall–Kier alpha value is -5.09. The number of carbonyl (C=O) groups excluding carboxylic acids is 2. The van der Waals surface area contributed by atoms with E-state index in [-0.39, 0.29) is 24.8 Å². The zero-order chi connectivity index (χ0) is 33.3. The van der Waals surface area contributed by atoms with Gasteiger partial charge in [-0.25, -0.2) is 15.0 Å². The van der Waals surface area contributed by atoms with Crippen LogP contribution in [-0.4, -0.2) is 59.1 Å². The second kappa shape index (κ2) is 12.7. The molecule has 0 saturated carbocycles. The van der Waals surface area contributed by atoms with E-state index < -0.39 is 5.60 Å². The lowest BCUT2D eigenvalue weighted by molar-refractivity contribution is -0.141. The van der Waals surface area contributed by atoms with Gasteiger partial charge >= 0.3 is 11.9 Å². The first-order valence-corrected chi connectivity index (χ1v) is 15.0. The molecule has 0 radical (unpaired) electrons. The van der Waals surface area contributed by atoms with E-state index >= 15 is 0 Å². The van der Waals surface area contributed by atoms with E-state index in [1.54, 1.807) is 19.1 Å². The van der Waals surface area contributed by atoms with Crippen LogP contribution in [0.15, 0.2) is 132 Å². The molecule has 8 bridgehead atoms. The molecule has 0 amide bonds. The molecule has 3 N–H and O–H groups in total. The molecule has 0 aliphatic carbocycles. The lowest BCUT2D eigenvalue weighted by atomic mass is 9.92. The van der Waals surface area contributed by atoms with Crippen molar-refractivity contribution >= 4 is 29.1 Å². The van der Waals surface area contributed by atoms with Gasteiger partial charge in [-0.15, -0.1) is 0 Å². The zero-order valence-electron chi connectivity index (χ0n) is 26.9. The smallest absolute Gasteiger partial charge is 0.305 e. The molecular formula is C36H38N4O6. The van der Waals surface area contributed by atoms with E-state index in [1.165, 1.54) is 20.3 Å². The second-order valence-corrected chi connectivity index (χ2v) is 11.6. The maximum atomic E-state index is 12.2. The van der Waals surface area contributed by atoms with Gasteiger partial charge < -0.3 is 25.0 Å². The lowest BCUT2D eigenvalue weighted by Crippen LogP contribution is -2.29. The number of nitrogens with zero attached hydrogens (tertiary/aromatic N) is 3. The molecule has 0 spiro atoms. The predicted molar refractivity (Wildman–Crippen MR) is 178 cm³/mol. The van der Waals surface area contributed by atoms with Gasteiger partial charge in [0.25, 0.3) is 0 Å². The van der Waals surface area contributed by atoms with Crippen molar-refractivity contribution < 1.29 is 29.3 Å². The Kier molecular flexibility index (Phi) is 8.94. The number of esters is 2. The molecule has 5 rings (SSSR count). The number of aliphatic imine (C=N–C) groups is 3. The normalized spacial score (nSPS) is 22.4. The summed E-state index contributed by atoms with van der Waals surface area (Å²) in [7, 11) is 2.72. The molecular weight excluding hydrogens is 584 g/mol. The fraction of sp³-hybridized carbons (Fsp3) is 0.306. The molecule has 0 saturated heterocycles. The number of aliphatic hydroxyl groups is 2. The Morgan fingerprint density at radius 2 is 1.43 bits per heavy atom. The van der Waals surface area contributed by atoms with Crippen molar-refractivity contribution in [1.29, 1.82) is 0 Å². The van der Waals surface area contributed by atoms with Crippen LogP contribution in [0.5, 0.6) is 0 Å². The summed E-state index contributed by atoms with van der Waals surface area (Å²) in [5.74, 6) is -0.671. The number of nitrogens with one attached hydrogen (secondary N) is 1. The van der Waals surface area contributed by atoms with E-state index in [1.807, 2.05) is 39.0 Å². The SMILES string of the molecule is C=CC1=C(C)C2=CC3=C(/C=C/O)C(C)(O)C(=CC4=NC(=CC5=NC(=CC1=N2)C(C)=C5CCC(=O)OC)C(CCC(=O)OC)=C4C)N3. The number of carbonyl (C=O) groups is 2. The average molecular weight is 623 g/mol. The van der Waals surface area contributed by atoms with Crippen molar-refractivity contribution in [2.75, 3.05) is 14.2 Å². The fourth-order valence-electron chi connectivity index (χ4n) is 6.07. The summed E-state index contributed by atoms with van der Waals surface area (Å²) >= 11 is 0. The first kappa shape index (κ1) is 32.3. The molecule has 10 heteroatoms. The molecule has 0 aromatic rings. The number of methoxy groups -OCH3 is 2. The van der Waals surface area contributed by atoms with Gasteiger partial charge in [0.1, 0.15) is 5.60 Å². The highest BCUT2D eigenvalue weighted by Gasteiger charge is 2.39. The van der Waals surface area contributed by atoms with Crippen LogP contribution >= 0.6 is 0 Å². The number of ether oxygens (including phenoxy) is 2. The van der Waals surface area contributed by atoms with Crippen LogP contribution in [0.2, 0.25) is 0 Å². The quantitative estimate of drug-likeness (QED) is 0.236. The molecule has 1 atom stereocenters. The average Bonchev–Trinajstić information content (AvgIpc) is 3.67. The fourth-order valence-corrected chi connectivity index (χ4v) is 6.07. The Labute approximate surface area is 268 Å². The zero-order valence-corrected chi connectivity index (χ0v) is 26.9. The van der Waals surface area contributed by atoms with Gasteiger partial charge in [-0.2, -0.15) is 0 Å². The summed E-state index contributed by atoms with van der Waals surface area (Å²) in [6.07, 6.45) is 12.6. The van der Waals surface area contributed by atoms with Crippen molar-refractivity contribution in [3.8, 4) is 0 Å². The molecule has 0 aromatic carbocycles. The minimum absolute atomic E-state index is 0.151. The van der Waals surface area contributed by atoms with Crippen molar-refractivity contribution in [2.45, 2.75) is 59.0 Å². The van der Waals surface area contributed by atoms with Crippen LogP contribution in [0.4, 0.5) is 0 Å². The topological polar surface area (TPSA) is 142 Å². The van der Waals surface area contributed by atoms with E-state index in [4.69, 9.17) is 24.5 Å². The van der Waals surface area contributed by atoms with Crippen LogP contribution in [0.25, 0.3) is 0 Å². The summed E-state index contributed by atoms with van der Waals surface area (Å²) < 4.78 is 9.83. The third kappa shape index (κ3) is 5.83. The van der Waals surface area contributed by atoms with Gasteiger partial charge in [0.15, 0.2) is 0 Å². The highest BCUT2D eigenvalue weighted by Crippen LogP contribution is 2.40. The van der Waals surface area contributed by atoms with Crippen LogP contribution in [-0.2, 0) is 19.1 Å². The van der Waals surface area contributed by atoms with E-state index in [2.05, 4.69) is 11.9 Å². The van der Waals surface area contributed by atoms with Crippen LogP contribution in [0, 0.1) is 0 Å². The third-order valence-electron chi connectivity index (χ3n) is 8.86. The molecule has 0 fully saturated rings. The number of allylic oxidation sites excluding steroid dienone is 11. The Bertz CT molecular complexity index is 1830. The Morgan fingerprint density at radius 1 is 0.848 bits per heavy atom. The summed E-state index contributed by atoms with van der Waals surface area (Å²) in [6, 6.07) is 0. The van der Waals surface area contributed by atoms with E-state index in [9.17, 15) is 19.8 Å². The standard InChI is InChI=1S/C36H38N4O6/c1-8-22-19(2)27-16-32-25(13-14-41)36(5,44)33(40-32)18-28-21(4)24(10-12-35(43)46-7)31(39-28)17-30-23(9-11-34(42)45-6)20(3)26(38-30)15-29(22)37-27/h8,13-18,40-41,44H,1,9-12H2,2-7H3/b14-13+,26-15?,27-16?,31-17?,33-18?. The molecule has 5 aliphatic rings. The highest BCUT2D eigenvalue weighted by molar-refractivity contribution is 6.18. The monoisotopic (exact) mass is 622 g/mol. The number of aliphatic hydroxyl groups excluding tert-OH is 1. The first-order chi connectivity index (χ1) is 21.9. The van der Waals surface area contributed by atoms with Gasteiger partial charge in [-0.1, -0.05) is 12.7 Å². The summed E-state index contributed by atoms with van der Waals surface area (Å²) in [5.41, 5.74) is 9.03. The molecule has 1 unspecified atom stereocenters. The second-order valence-electron chi connectivity index (χ2n) is 11.6. The first-order valence-electron chi connectivity index (χ1n) is 15.0. The van der Waals surface area contributed by atoms with Crippen LogP contribution in [0.1, 0.15) is 53.4 Å². The molecule has 46 heavy (non-hydrogen) atoms. The third-order valence-corrected chi connectivity index (χ3v) is 8.86. The van der Waals surface area contributed by atoms with Crippen molar-refractivity contribution in [1.82, 2.24) is 5.32 Å². The molecule has 10 nitrogen and oxygen atoms in total. The van der Waals surface area contributed by atoms with Gasteiger partial charge in [-0.05, 0) is 98.8 Å². The minimum atomic E-state index is -1.50. The molecule has 0 aromatic heterocycles. The van der Waals surface area contributed by atoms with Gasteiger partial charge in [0.05, 0.1) is 60.4 Å². The Balaban J connectivity index is 1.78. The van der Waals surface area contributed by atoms with Crippen LogP contribution < -0.4 is 5.32 Å². The minimum Gasteiger partial charge on any atom is -0.516 e. The highest BCUT2D eigenvalue weighted by atomic mass is 16.5. The maximum Gasteiger partial charge on any atom is 0.305 e. The van der Waals surface area contributed by atoms with Crippen LogP contribution in [0.3, 0.4) is 0 Å². The molecule has 238 valence electrons. The summed E-state index contributed by atoms with van der Waals surface area (Å²) in [6.45, 7) is 11.5. The summed E-state index contributed by atoms with van der Waals surface area (Å²) in [4.78, 5) is 39.2. The largest absolute Gasteiger partial charge is 0.516 e. The summed E-state index contributed by atoms with van der Waals surface area (Å²) in [5, 5.41) is 24.8. The number of hydrogen-bond acceptors (Lipinski definition) is 10. The van der Waals surface area contributed by atoms with Crippen molar-refractivity contribution in [3.63, 3.8) is 0 Å². The Morgan fingerprint density at radius 3 is 2.07 bits per heavy atom. The number of hydrogen-bond donors (Lipinski definition) is 3. The number of fused-ring (bicyclic) bond motifs is 5. The van der Waals surface area contributed by atoms with Gasteiger partial charge in [0, 0.05) is 29.7 Å². The van der Waals surface area contributed by atoms with Crippen molar-refractivity contribution in [2.24, 2.45) is 15.0 Å². The van der Waals surface area contributed by atoms with Crippen molar-refractivity contribution in [3.05, 3.63) is 117 Å². The van der Waals surface area contributed by atoms with Gasteiger partial charge in [0.2, 0.25) is 0 Å². The predicted octanol–water partition coefficient (Wildman–Crippen LogP) is 5.62. The van der Waals surface area contributed by atoms with E-state index in [0.717, 1.165) is 39.7 Å². The lowest BCUT2D eigenvalue weighted by Gasteiger charge is -2.20. The maximum absolute atomic E-state index is 12.2. The van der Waals surface area contributed by atoms with E-state index in [0.29, 0.717) is 64.0 Å². The molecule has 5 aliphatic heterocycles.